The van der Waals surface area contributed by atoms with E-state index >= 15 is 0 Å². The van der Waals surface area contributed by atoms with E-state index in [2.05, 4.69) is 0 Å². The molecule has 1 aliphatic rings. The summed E-state index contributed by atoms with van der Waals surface area (Å²) in [6, 6.07) is -0.450. The Morgan fingerprint density at radius 1 is 1.89 bits per heavy atom. The number of cyclic esters (lactones) is 1. The quantitative estimate of drug-likeness (QED) is 0.417. The predicted molar refractivity (Wildman–Crippen MR) is 33.2 cm³/mol. The molecule has 1 saturated heterocycles. The average molecular weight is 150 g/mol. The van der Waals surface area contributed by atoms with Crippen molar-refractivity contribution in [1.82, 2.24) is 0 Å². The smallest absolute Gasteiger partial charge is 0.323 e. The van der Waals surface area contributed by atoms with Gasteiger partial charge in [-0.3, -0.25) is 4.79 Å². The van der Waals surface area contributed by atoms with Crippen LogP contribution < -0.4 is 5.73 Å². The highest BCUT2D eigenvalue weighted by Crippen LogP contribution is 2.13. The molecule has 0 aromatic carbocycles. The number of carbonyl (C=O) groups is 1. The van der Waals surface area contributed by atoms with Gasteiger partial charge in [0, 0.05) is 6.42 Å². The molecule has 0 aromatic rings. The van der Waals surface area contributed by atoms with Crippen LogP contribution in [0.3, 0.4) is 0 Å². The molecule has 1 heterocycles. The summed E-state index contributed by atoms with van der Waals surface area (Å²) in [6.07, 6.45) is 0.400. The maximum Gasteiger partial charge on any atom is 0.323 e. The van der Waals surface area contributed by atoms with Crippen LogP contribution in [0.2, 0.25) is 0 Å². The molecule has 0 bridgehead atoms. The summed E-state index contributed by atoms with van der Waals surface area (Å²) in [7, 11) is 0. The molecule has 0 radical (unpaired) electrons. The van der Waals surface area contributed by atoms with Gasteiger partial charge in [-0.2, -0.15) is 0 Å². The number of hydrogen-bond acceptors (Lipinski definition) is 3. The highest BCUT2D eigenvalue weighted by atomic mass is 35.5. The third-order valence-corrected chi connectivity index (χ3v) is 1.62. The summed E-state index contributed by atoms with van der Waals surface area (Å²) in [5.74, 6) is 0.0139. The van der Waals surface area contributed by atoms with Gasteiger partial charge in [0.2, 0.25) is 0 Å². The number of nitrogens with two attached hydrogens (primary N) is 1. The minimum Gasteiger partial charge on any atom is -0.460 e. The Hall–Kier alpha value is -0.280. The number of rotatable bonds is 1. The highest BCUT2D eigenvalue weighted by molar-refractivity contribution is 6.18. The molecule has 2 atom stereocenters. The van der Waals surface area contributed by atoms with E-state index in [1.165, 1.54) is 0 Å². The van der Waals surface area contributed by atoms with Crippen molar-refractivity contribution in [2.45, 2.75) is 18.6 Å². The number of alkyl halides is 1. The second-order valence-corrected chi connectivity index (χ2v) is 2.36. The van der Waals surface area contributed by atoms with E-state index in [0.29, 0.717) is 12.3 Å². The lowest BCUT2D eigenvalue weighted by atomic mass is 10.2. The van der Waals surface area contributed by atoms with Crippen LogP contribution in [0.5, 0.6) is 0 Å². The lowest BCUT2D eigenvalue weighted by molar-refractivity contribution is -0.141. The van der Waals surface area contributed by atoms with Crippen LogP contribution in [0.1, 0.15) is 6.42 Å². The fourth-order valence-corrected chi connectivity index (χ4v) is 0.963. The van der Waals surface area contributed by atoms with Crippen LogP contribution in [0, 0.1) is 0 Å². The Balaban J connectivity index is 2.44. The molecule has 0 saturated carbocycles. The van der Waals surface area contributed by atoms with E-state index in [0.717, 1.165) is 0 Å². The van der Waals surface area contributed by atoms with Gasteiger partial charge in [-0.25, -0.2) is 0 Å². The third kappa shape index (κ3) is 1.34. The fraction of sp³-hybridized carbons (Fsp3) is 0.800. The second-order valence-electron chi connectivity index (χ2n) is 2.06. The molecule has 1 aliphatic heterocycles. The van der Waals surface area contributed by atoms with Crippen molar-refractivity contribution in [2.75, 3.05) is 5.88 Å². The van der Waals surface area contributed by atoms with Crippen LogP contribution in [-0.4, -0.2) is 24.0 Å². The zero-order valence-electron chi connectivity index (χ0n) is 4.84. The minimum atomic E-state index is -0.450. The lowest BCUT2D eigenvalue weighted by Gasteiger charge is -2.00. The summed E-state index contributed by atoms with van der Waals surface area (Å²) < 4.78 is 4.73. The number of esters is 1. The molecule has 0 amide bonds. The zero-order valence-corrected chi connectivity index (χ0v) is 5.60. The summed E-state index contributed by atoms with van der Waals surface area (Å²) in [6.45, 7) is 0. The van der Waals surface area contributed by atoms with Crippen LogP contribution >= 0.6 is 11.6 Å². The van der Waals surface area contributed by atoms with Gasteiger partial charge in [0.25, 0.3) is 0 Å². The maximum absolute atomic E-state index is 10.5. The van der Waals surface area contributed by atoms with Crippen molar-refractivity contribution in [1.29, 1.82) is 0 Å². The van der Waals surface area contributed by atoms with E-state index in [4.69, 9.17) is 22.1 Å². The van der Waals surface area contributed by atoms with Crippen molar-refractivity contribution in [3.05, 3.63) is 0 Å². The largest absolute Gasteiger partial charge is 0.460 e. The Morgan fingerprint density at radius 3 is 2.78 bits per heavy atom. The number of halogens is 1. The maximum atomic E-state index is 10.5. The monoisotopic (exact) mass is 149 g/mol. The second kappa shape index (κ2) is 2.54. The van der Waals surface area contributed by atoms with Gasteiger partial charge in [-0.1, -0.05) is 0 Å². The standard InChI is InChI=1S/C5H8ClNO2/c6-2-3-1-4(7)5(8)9-3/h3-4H,1-2,7H2. The topological polar surface area (TPSA) is 52.3 Å². The molecular weight excluding hydrogens is 142 g/mol. The molecule has 2 unspecified atom stereocenters. The number of carbonyl (C=O) groups excluding carboxylic acids is 1. The van der Waals surface area contributed by atoms with E-state index < -0.39 is 6.04 Å². The van der Waals surface area contributed by atoms with Crippen molar-refractivity contribution in [3.63, 3.8) is 0 Å². The van der Waals surface area contributed by atoms with Crippen LogP contribution in [0.15, 0.2) is 0 Å². The summed E-state index contributed by atoms with van der Waals surface area (Å²) in [5.41, 5.74) is 5.31. The average Bonchev–Trinajstić information content (AvgIpc) is 2.13. The van der Waals surface area contributed by atoms with E-state index in [1.807, 2.05) is 0 Å². The van der Waals surface area contributed by atoms with Crippen molar-refractivity contribution >= 4 is 17.6 Å². The Bertz CT molecular complexity index is 128. The van der Waals surface area contributed by atoms with E-state index in [1.54, 1.807) is 0 Å². The molecule has 1 fully saturated rings. The first-order chi connectivity index (χ1) is 4.24. The summed E-state index contributed by atoms with van der Waals surface area (Å²) in [5, 5.41) is 0. The Morgan fingerprint density at radius 2 is 2.56 bits per heavy atom. The van der Waals surface area contributed by atoms with Crippen molar-refractivity contribution in [2.24, 2.45) is 5.73 Å². The molecule has 9 heavy (non-hydrogen) atoms. The van der Waals surface area contributed by atoms with Crippen molar-refractivity contribution in [3.8, 4) is 0 Å². The SMILES string of the molecule is NC1CC(CCl)OC1=O. The number of hydrogen-bond donors (Lipinski definition) is 1. The van der Waals surface area contributed by atoms with Gasteiger partial charge in [0.1, 0.15) is 12.1 Å². The highest BCUT2D eigenvalue weighted by Gasteiger charge is 2.30. The van der Waals surface area contributed by atoms with Gasteiger partial charge in [-0.15, -0.1) is 11.6 Å². The van der Waals surface area contributed by atoms with Crippen LogP contribution in [-0.2, 0) is 9.53 Å². The summed E-state index contributed by atoms with van der Waals surface area (Å²) >= 11 is 5.41. The molecule has 3 nitrogen and oxygen atoms in total. The molecule has 0 aliphatic carbocycles. The van der Waals surface area contributed by atoms with Gasteiger partial charge < -0.3 is 10.5 Å². The summed E-state index contributed by atoms with van der Waals surface area (Å²) in [4.78, 5) is 10.5. The molecule has 4 heteroatoms. The normalized spacial score (nSPS) is 34.7. The van der Waals surface area contributed by atoms with Gasteiger partial charge in [0.15, 0.2) is 0 Å². The molecule has 0 spiro atoms. The van der Waals surface area contributed by atoms with E-state index in [9.17, 15) is 4.79 Å². The first kappa shape index (κ1) is 6.83. The van der Waals surface area contributed by atoms with Gasteiger partial charge in [0.05, 0.1) is 5.88 Å². The van der Waals surface area contributed by atoms with Crippen molar-refractivity contribution < 1.29 is 9.53 Å². The zero-order chi connectivity index (χ0) is 6.85. The first-order valence-corrected chi connectivity index (χ1v) is 3.29. The first-order valence-electron chi connectivity index (χ1n) is 2.76. The van der Waals surface area contributed by atoms with Gasteiger partial charge >= 0.3 is 5.97 Å². The predicted octanol–water partition coefficient (Wildman–Crippen LogP) is -0.132. The lowest BCUT2D eigenvalue weighted by Crippen LogP contribution is -2.24. The third-order valence-electron chi connectivity index (χ3n) is 1.27. The number of ether oxygens (including phenoxy) is 1. The molecule has 0 aromatic heterocycles. The van der Waals surface area contributed by atoms with Gasteiger partial charge in [-0.05, 0) is 0 Å². The molecule has 1 rings (SSSR count). The van der Waals surface area contributed by atoms with Crippen LogP contribution in [0.25, 0.3) is 0 Å². The molecular formula is C5H8ClNO2. The molecule has 2 N–H and O–H groups in total. The Labute approximate surface area is 58.1 Å². The Kier molecular flexibility index (Phi) is 1.93. The molecule has 52 valence electrons. The van der Waals surface area contributed by atoms with Crippen LogP contribution in [0.4, 0.5) is 0 Å². The van der Waals surface area contributed by atoms with E-state index in [-0.39, 0.29) is 12.1 Å². The minimum absolute atomic E-state index is 0.158. The fourth-order valence-electron chi connectivity index (χ4n) is 0.774.